The van der Waals surface area contributed by atoms with Crippen molar-refractivity contribution in [3.05, 3.63) is 98.9 Å². The maximum atomic E-state index is 13.4. The van der Waals surface area contributed by atoms with Gasteiger partial charge in [0.2, 0.25) is 17.5 Å². The summed E-state index contributed by atoms with van der Waals surface area (Å²) < 4.78 is 6.17. The van der Waals surface area contributed by atoms with Crippen LogP contribution in [0.25, 0.3) is 4.85 Å². The molecule has 5 heterocycles. The van der Waals surface area contributed by atoms with E-state index in [2.05, 4.69) is 37.9 Å². The molecule has 12 nitrogen and oxygen atoms in total. The summed E-state index contributed by atoms with van der Waals surface area (Å²) in [6.45, 7) is 11.3. The molecule has 5 amide bonds. The molecule has 57 heavy (non-hydrogen) atoms. The van der Waals surface area contributed by atoms with E-state index in [-0.39, 0.29) is 30.9 Å². The Bertz CT molecular complexity index is 2310. The van der Waals surface area contributed by atoms with E-state index in [0.29, 0.717) is 46.1 Å². The van der Waals surface area contributed by atoms with Gasteiger partial charge in [-0.05, 0) is 112 Å². The van der Waals surface area contributed by atoms with Crippen LogP contribution < -0.4 is 15.0 Å². The summed E-state index contributed by atoms with van der Waals surface area (Å²) in [5, 5.41) is 2.63. The Morgan fingerprint density at radius 3 is 2.28 bits per heavy atom. The van der Waals surface area contributed by atoms with E-state index < -0.39 is 29.7 Å². The van der Waals surface area contributed by atoms with Crippen molar-refractivity contribution in [3.8, 4) is 17.6 Å². The Hall–Kier alpha value is -5.69. The number of hydrogen-bond donors (Lipinski definition) is 1. The molecule has 3 saturated heterocycles. The van der Waals surface area contributed by atoms with Crippen molar-refractivity contribution in [3.63, 3.8) is 0 Å². The smallest absolute Gasteiger partial charge is 0.262 e. The number of benzene rings is 3. The van der Waals surface area contributed by atoms with Gasteiger partial charge in [0.1, 0.15) is 11.8 Å². The number of nitrogens with one attached hydrogen (secondary N) is 1. The molecule has 3 aromatic rings. The zero-order valence-electron chi connectivity index (χ0n) is 31.3. The fourth-order valence-corrected chi connectivity index (χ4v) is 9.39. The van der Waals surface area contributed by atoms with Crippen molar-refractivity contribution in [1.29, 1.82) is 0 Å². The summed E-state index contributed by atoms with van der Waals surface area (Å²) in [5.74, 6) is 6.00. The molecule has 1 unspecified atom stereocenters. The third kappa shape index (κ3) is 7.02. The molecule has 6 aliphatic rings. The van der Waals surface area contributed by atoms with Crippen molar-refractivity contribution >= 4 is 52.5 Å². The van der Waals surface area contributed by atoms with Crippen LogP contribution in [0.1, 0.15) is 93.6 Å². The highest BCUT2D eigenvalue weighted by atomic mass is 35.5. The first-order valence-corrected chi connectivity index (χ1v) is 20.1. The number of imide groups is 2. The number of carbonyl (C=O) groups excluding carboxylic acids is 5. The van der Waals surface area contributed by atoms with Crippen molar-refractivity contribution in [1.82, 2.24) is 20.0 Å². The Kier molecular flexibility index (Phi) is 9.71. The molecule has 9 rings (SSSR count). The first-order chi connectivity index (χ1) is 27.6. The Morgan fingerprint density at radius 2 is 1.54 bits per heavy atom. The van der Waals surface area contributed by atoms with Crippen LogP contribution in [0.5, 0.6) is 5.75 Å². The standard InChI is InChI=1S/C44H41ClN6O6/c1-46-38-13-10-33(22-37(38)45)57-32-8-5-29(6-9-32)50-23-28-20-27(4-11-34(28)42(50)54)3-2-26-16-18-48(19-17-26)31-24-49(25-31)30-7-12-35-36(21-30)44(56)51(43(35)55)39-14-15-40(52)47-41(39)53/h4,7,10-13,20-22,26,29,31-32,39H,5-6,8-9,14-19,23-25H2,(H,47,52,53). The Balaban J connectivity index is 0.738. The quantitative estimate of drug-likeness (QED) is 0.195. The number of hydrogen-bond acceptors (Lipinski definition) is 8. The van der Waals surface area contributed by atoms with E-state index >= 15 is 0 Å². The normalized spacial score (nSPS) is 24.0. The molecular formula is C44H41ClN6O6. The molecule has 0 aromatic heterocycles. The molecule has 5 aliphatic heterocycles. The molecule has 0 radical (unpaired) electrons. The second-order valence-corrected chi connectivity index (χ2v) is 16.3. The molecule has 3 aromatic carbocycles. The van der Waals surface area contributed by atoms with E-state index in [1.54, 1.807) is 30.3 Å². The van der Waals surface area contributed by atoms with Gasteiger partial charge in [0.25, 0.3) is 17.7 Å². The van der Waals surface area contributed by atoms with Gasteiger partial charge in [0.05, 0.1) is 28.8 Å². The predicted molar refractivity (Wildman–Crippen MR) is 211 cm³/mol. The lowest BCUT2D eigenvalue weighted by molar-refractivity contribution is -0.136. The number of halogens is 1. The van der Waals surface area contributed by atoms with Crippen LogP contribution in [0, 0.1) is 24.3 Å². The third-order valence-electron chi connectivity index (χ3n) is 12.5. The van der Waals surface area contributed by atoms with Gasteiger partial charge < -0.3 is 14.5 Å². The fourth-order valence-electron chi connectivity index (χ4n) is 9.18. The molecule has 1 atom stereocenters. The molecule has 290 valence electrons. The van der Waals surface area contributed by atoms with E-state index in [0.717, 1.165) is 92.0 Å². The Labute approximate surface area is 335 Å². The second kappa shape index (κ2) is 15.0. The van der Waals surface area contributed by atoms with Crippen molar-refractivity contribution in [2.24, 2.45) is 5.92 Å². The minimum Gasteiger partial charge on any atom is -0.490 e. The molecule has 0 bridgehead atoms. The topological polar surface area (TPSA) is 124 Å². The van der Waals surface area contributed by atoms with Crippen molar-refractivity contribution in [2.45, 2.75) is 82.1 Å². The van der Waals surface area contributed by atoms with Gasteiger partial charge in [-0.25, -0.2) is 4.85 Å². The highest BCUT2D eigenvalue weighted by Gasteiger charge is 2.45. The van der Waals surface area contributed by atoms with Gasteiger partial charge >= 0.3 is 0 Å². The zero-order chi connectivity index (χ0) is 39.4. The average molecular weight is 785 g/mol. The van der Waals surface area contributed by atoms with Gasteiger partial charge in [0.15, 0.2) is 0 Å². The van der Waals surface area contributed by atoms with E-state index in [1.807, 2.05) is 23.1 Å². The number of nitrogens with zero attached hydrogens (tertiary/aromatic N) is 5. The minimum absolute atomic E-state index is 0.0499. The number of ether oxygens (including phenoxy) is 1. The van der Waals surface area contributed by atoms with Crippen LogP contribution in [-0.2, 0) is 16.1 Å². The number of amides is 5. The molecule has 1 saturated carbocycles. The SMILES string of the molecule is [C-]#[N+]c1ccc(OC2CCC(N3Cc4cc(C#CC5CCN(C6CN(c7ccc8c(c7)C(=O)N(C7CCC(=O)NC7=O)C8=O)C6)CC5)ccc4C3=O)CC2)cc1Cl. The lowest BCUT2D eigenvalue weighted by Crippen LogP contribution is -2.61. The number of piperidine rings is 2. The third-order valence-corrected chi connectivity index (χ3v) is 12.8. The number of carbonyl (C=O) groups is 5. The summed E-state index contributed by atoms with van der Waals surface area (Å²) in [6.07, 6.45) is 5.67. The summed E-state index contributed by atoms with van der Waals surface area (Å²) in [7, 11) is 0. The van der Waals surface area contributed by atoms with Crippen LogP contribution in [-0.4, -0.2) is 94.6 Å². The maximum absolute atomic E-state index is 13.4. The number of likely N-dealkylation sites (tertiary alicyclic amines) is 1. The minimum atomic E-state index is -0.974. The van der Waals surface area contributed by atoms with Crippen LogP contribution in [0.3, 0.4) is 0 Å². The molecule has 4 fully saturated rings. The van der Waals surface area contributed by atoms with Crippen LogP contribution in [0.15, 0.2) is 54.6 Å². The molecule has 1 N–H and O–H groups in total. The predicted octanol–water partition coefficient (Wildman–Crippen LogP) is 5.59. The number of rotatable bonds is 6. The van der Waals surface area contributed by atoms with Crippen molar-refractivity contribution < 1.29 is 28.7 Å². The monoisotopic (exact) mass is 784 g/mol. The highest BCUT2D eigenvalue weighted by Crippen LogP contribution is 2.36. The van der Waals surface area contributed by atoms with Gasteiger partial charge in [-0.1, -0.05) is 29.5 Å². The van der Waals surface area contributed by atoms with Crippen molar-refractivity contribution in [2.75, 3.05) is 31.1 Å². The van der Waals surface area contributed by atoms with Gasteiger partial charge in [-0.15, -0.1) is 0 Å². The molecule has 0 spiro atoms. The lowest BCUT2D eigenvalue weighted by Gasteiger charge is -2.48. The molecule has 13 heteroatoms. The van der Waals surface area contributed by atoms with E-state index in [4.69, 9.17) is 22.9 Å². The van der Waals surface area contributed by atoms with Crippen LogP contribution in [0.4, 0.5) is 11.4 Å². The molecule has 1 aliphatic carbocycles. The highest BCUT2D eigenvalue weighted by molar-refractivity contribution is 6.33. The first kappa shape index (κ1) is 36.9. The van der Waals surface area contributed by atoms with Crippen LogP contribution in [0.2, 0.25) is 5.02 Å². The number of anilines is 1. The summed E-state index contributed by atoms with van der Waals surface area (Å²) in [4.78, 5) is 74.9. The Morgan fingerprint density at radius 1 is 0.789 bits per heavy atom. The van der Waals surface area contributed by atoms with E-state index in [1.165, 1.54) is 0 Å². The summed E-state index contributed by atoms with van der Waals surface area (Å²) in [6, 6.07) is 16.0. The molecular weight excluding hydrogens is 744 g/mol. The van der Waals surface area contributed by atoms with E-state index in [9.17, 15) is 24.0 Å². The van der Waals surface area contributed by atoms with Crippen LogP contribution >= 0.6 is 11.6 Å². The summed E-state index contributed by atoms with van der Waals surface area (Å²) in [5.41, 5.74) is 4.63. The average Bonchev–Trinajstić information content (AvgIpc) is 3.65. The largest absolute Gasteiger partial charge is 0.490 e. The van der Waals surface area contributed by atoms with Gasteiger partial charge in [-0.2, -0.15) is 0 Å². The first-order valence-electron chi connectivity index (χ1n) is 19.8. The number of fused-ring (bicyclic) bond motifs is 2. The fraction of sp³-hybridized carbons (Fsp3) is 0.409. The second-order valence-electron chi connectivity index (χ2n) is 15.9. The van der Waals surface area contributed by atoms with Gasteiger partial charge in [0, 0.05) is 60.9 Å². The zero-order valence-corrected chi connectivity index (χ0v) is 32.1. The maximum Gasteiger partial charge on any atom is 0.262 e. The summed E-state index contributed by atoms with van der Waals surface area (Å²) >= 11 is 6.19. The van der Waals surface area contributed by atoms with Gasteiger partial charge in [-0.3, -0.25) is 39.1 Å². The lowest BCUT2D eigenvalue weighted by atomic mass is 9.92.